The third-order valence-electron chi connectivity index (χ3n) is 3.90. The fourth-order valence-electron chi connectivity index (χ4n) is 2.40. The van der Waals surface area contributed by atoms with E-state index in [2.05, 4.69) is 30.6 Å². The molecule has 1 unspecified atom stereocenters. The Morgan fingerprint density at radius 1 is 1.16 bits per heavy atom. The molecule has 2 heteroatoms. The molecule has 0 bridgehead atoms. The Morgan fingerprint density at radius 3 is 2.42 bits per heavy atom. The third kappa shape index (κ3) is 9.23. The lowest BCUT2D eigenvalue weighted by Crippen LogP contribution is -2.33. The fourth-order valence-corrected chi connectivity index (χ4v) is 2.40. The van der Waals surface area contributed by atoms with Crippen molar-refractivity contribution in [2.75, 3.05) is 26.7 Å². The Bertz CT molecular complexity index is 235. The lowest BCUT2D eigenvalue weighted by Gasteiger charge is -2.32. The van der Waals surface area contributed by atoms with Crippen LogP contribution in [0.4, 0.5) is 0 Å². The van der Waals surface area contributed by atoms with Crippen LogP contribution < -0.4 is 10.6 Å². The van der Waals surface area contributed by atoms with Gasteiger partial charge in [-0.05, 0) is 64.6 Å². The maximum absolute atomic E-state index is 3.64. The van der Waals surface area contributed by atoms with Gasteiger partial charge in [0, 0.05) is 6.54 Å². The van der Waals surface area contributed by atoms with E-state index in [4.69, 9.17) is 0 Å². The van der Waals surface area contributed by atoms with Crippen LogP contribution in [-0.2, 0) is 0 Å². The highest BCUT2D eigenvalue weighted by atomic mass is 14.9. The summed E-state index contributed by atoms with van der Waals surface area (Å²) in [5, 5.41) is 6.83. The molecule has 0 saturated carbocycles. The second-order valence-electron chi connectivity index (χ2n) is 5.91. The van der Waals surface area contributed by atoms with E-state index in [1.807, 2.05) is 20.9 Å². The van der Waals surface area contributed by atoms with Crippen LogP contribution in [0, 0.1) is 5.41 Å². The Balaban J connectivity index is 0.00000154. The van der Waals surface area contributed by atoms with Gasteiger partial charge in [0.05, 0.1) is 0 Å². The summed E-state index contributed by atoms with van der Waals surface area (Å²) >= 11 is 0. The molecule has 19 heavy (non-hydrogen) atoms. The molecule has 0 aromatic rings. The quantitative estimate of drug-likeness (QED) is 0.511. The van der Waals surface area contributed by atoms with Crippen molar-refractivity contribution in [1.29, 1.82) is 0 Å². The van der Waals surface area contributed by atoms with E-state index in [0.29, 0.717) is 5.41 Å². The van der Waals surface area contributed by atoms with Gasteiger partial charge in [0.1, 0.15) is 0 Å². The number of rotatable bonds is 8. The van der Waals surface area contributed by atoms with Crippen LogP contribution in [0.1, 0.15) is 66.2 Å². The summed E-state index contributed by atoms with van der Waals surface area (Å²) in [6.45, 7) is 12.2. The molecule has 0 heterocycles. The van der Waals surface area contributed by atoms with Crippen molar-refractivity contribution in [1.82, 2.24) is 10.6 Å². The molecule has 0 radical (unpaired) electrons. The van der Waals surface area contributed by atoms with Crippen molar-refractivity contribution in [2.45, 2.75) is 66.2 Å². The molecule has 2 N–H and O–H groups in total. The zero-order valence-electron chi connectivity index (χ0n) is 13.9. The molecule has 0 amide bonds. The first-order chi connectivity index (χ1) is 9.16. The van der Waals surface area contributed by atoms with E-state index >= 15 is 0 Å². The summed E-state index contributed by atoms with van der Waals surface area (Å²) in [6.07, 6.45) is 10.3. The van der Waals surface area contributed by atoms with Crippen LogP contribution in [0.15, 0.2) is 11.6 Å². The molecule has 0 spiro atoms. The summed E-state index contributed by atoms with van der Waals surface area (Å²) in [4.78, 5) is 0. The van der Waals surface area contributed by atoms with Crippen molar-refractivity contribution in [3.63, 3.8) is 0 Å². The minimum atomic E-state index is 0.504. The lowest BCUT2D eigenvalue weighted by atomic mass is 9.77. The van der Waals surface area contributed by atoms with Crippen molar-refractivity contribution >= 4 is 0 Å². The van der Waals surface area contributed by atoms with Crippen LogP contribution in [0.5, 0.6) is 0 Å². The Morgan fingerprint density at radius 2 is 1.84 bits per heavy atom. The number of unbranched alkanes of at least 4 members (excludes halogenated alkanes) is 2. The number of hydrogen-bond acceptors (Lipinski definition) is 2. The number of allylic oxidation sites excluding steroid dienone is 2. The zero-order valence-corrected chi connectivity index (χ0v) is 13.9. The van der Waals surface area contributed by atoms with Crippen molar-refractivity contribution in [3.05, 3.63) is 11.6 Å². The summed E-state index contributed by atoms with van der Waals surface area (Å²) in [6, 6.07) is 0. The second-order valence-corrected chi connectivity index (χ2v) is 5.91. The molecule has 2 nitrogen and oxygen atoms in total. The average Bonchev–Trinajstić information content (AvgIpc) is 2.44. The maximum atomic E-state index is 3.64. The van der Waals surface area contributed by atoms with Gasteiger partial charge in [0.15, 0.2) is 0 Å². The minimum absolute atomic E-state index is 0.504. The highest BCUT2D eigenvalue weighted by molar-refractivity contribution is 5.06. The summed E-state index contributed by atoms with van der Waals surface area (Å²) in [5.41, 5.74) is 2.08. The molecule has 0 fully saturated rings. The first-order valence-electron chi connectivity index (χ1n) is 8.17. The molecule has 0 saturated heterocycles. The van der Waals surface area contributed by atoms with Gasteiger partial charge < -0.3 is 10.6 Å². The molecule has 1 atom stereocenters. The zero-order chi connectivity index (χ0) is 14.6. The van der Waals surface area contributed by atoms with E-state index in [1.54, 1.807) is 5.57 Å². The SMILES string of the molecule is CC.CNCCCCCNCC1(C)CC=C(C)CC1. The monoisotopic (exact) mass is 268 g/mol. The van der Waals surface area contributed by atoms with Crippen LogP contribution in [0.2, 0.25) is 0 Å². The van der Waals surface area contributed by atoms with Gasteiger partial charge in [-0.1, -0.05) is 38.8 Å². The van der Waals surface area contributed by atoms with Gasteiger partial charge in [-0.15, -0.1) is 0 Å². The molecule has 1 rings (SSSR count). The van der Waals surface area contributed by atoms with Gasteiger partial charge in [-0.2, -0.15) is 0 Å². The summed E-state index contributed by atoms with van der Waals surface area (Å²) < 4.78 is 0. The standard InChI is InChI=1S/C15H30N2.C2H6/c1-14-7-9-15(2,10-8-14)13-17-12-6-4-5-11-16-3;1-2/h7,16-17H,4-6,8-13H2,1-3H3;1-2H3. The van der Waals surface area contributed by atoms with E-state index in [-0.39, 0.29) is 0 Å². The van der Waals surface area contributed by atoms with Crippen molar-refractivity contribution < 1.29 is 0 Å². The van der Waals surface area contributed by atoms with Crippen LogP contribution in [0.25, 0.3) is 0 Å². The molecule has 0 aliphatic heterocycles. The van der Waals surface area contributed by atoms with Gasteiger partial charge >= 0.3 is 0 Å². The van der Waals surface area contributed by atoms with Gasteiger partial charge in [-0.3, -0.25) is 0 Å². The van der Waals surface area contributed by atoms with Gasteiger partial charge in [-0.25, -0.2) is 0 Å². The van der Waals surface area contributed by atoms with Crippen LogP contribution in [-0.4, -0.2) is 26.7 Å². The van der Waals surface area contributed by atoms with Crippen LogP contribution >= 0.6 is 0 Å². The largest absolute Gasteiger partial charge is 0.320 e. The van der Waals surface area contributed by atoms with E-state index in [1.165, 1.54) is 51.6 Å². The predicted molar refractivity (Wildman–Crippen MR) is 87.7 cm³/mol. The summed E-state index contributed by atoms with van der Waals surface area (Å²) in [5.74, 6) is 0. The number of nitrogens with one attached hydrogen (secondary N) is 2. The van der Waals surface area contributed by atoms with E-state index in [0.717, 1.165) is 6.54 Å². The van der Waals surface area contributed by atoms with Crippen molar-refractivity contribution in [2.24, 2.45) is 5.41 Å². The normalized spacial score (nSPS) is 22.5. The predicted octanol–water partition coefficient (Wildman–Crippen LogP) is 4.13. The highest BCUT2D eigenvalue weighted by Crippen LogP contribution is 2.33. The molecule has 0 aromatic heterocycles. The first-order valence-corrected chi connectivity index (χ1v) is 8.17. The Kier molecular flexibility index (Phi) is 11.3. The molecule has 1 aliphatic rings. The molecule has 0 aromatic carbocycles. The molecule has 1 aliphatic carbocycles. The van der Waals surface area contributed by atoms with Gasteiger partial charge in [0.2, 0.25) is 0 Å². The second kappa shape index (κ2) is 11.5. The lowest BCUT2D eigenvalue weighted by molar-refractivity contribution is 0.271. The Labute approximate surface area is 121 Å². The smallest absolute Gasteiger partial charge is 0.000824 e. The summed E-state index contributed by atoms with van der Waals surface area (Å²) in [7, 11) is 2.03. The Hall–Kier alpha value is -0.340. The van der Waals surface area contributed by atoms with E-state index < -0.39 is 0 Å². The number of hydrogen-bond donors (Lipinski definition) is 2. The molecular weight excluding hydrogens is 232 g/mol. The van der Waals surface area contributed by atoms with Crippen molar-refractivity contribution in [3.8, 4) is 0 Å². The average molecular weight is 268 g/mol. The molecular formula is C17H36N2. The third-order valence-corrected chi connectivity index (χ3v) is 3.90. The molecule has 114 valence electrons. The first kappa shape index (κ1) is 18.7. The van der Waals surface area contributed by atoms with Crippen LogP contribution in [0.3, 0.4) is 0 Å². The fraction of sp³-hybridized carbons (Fsp3) is 0.882. The highest BCUT2D eigenvalue weighted by Gasteiger charge is 2.25. The van der Waals surface area contributed by atoms with E-state index in [9.17, 15) is 0 Å². The topological polar surface area (TPSA) is 24.1 Å². The maximum Gasteiger partial charge on any atom is 0.000824 e. The van der Waals surface area contributed by atoms with Gasteiger partial charge in [0.25, 0.3) is 0 Å². The minimum Gasteiger partial charge on any atom is -0.320 e.